The fraction of sp³-hybridized carbons (Fsp3) is 0.0192. The fourth-order valence-corrected chi connectivity index (χ4v) is 9.42. The van der Waals surface area contributed by atoms with Crippen LogP contribution in [0, 0.1) is 0 Å². The maximum Gasteiger partial charge on any atom is 0.164 e. The Kier molecular flexibility index (Phi) is 6.52. The van der Waals surface area contributed by atoms with Crippen LogP contribution in [0.2, 0.25) is 0 Å². The number of fused-ring (bicyclic) bond motifs is 13. The topological polar surface area (TPSA) is 51.8 Å². The van der Waals surface area contributed by atoms with Crippen LogP contribution in [0.25, 0.3) is 89.5 Å². The van der Waals surface area contributed by atoms with Crippen molar-refractivity contribution in [3.63, 3.8) is 0 Å². The van der Waals surface area contributed by atoms with E-state index in [1.807, 2.05) is 30.3 Å². The molecule has 2 aromatic heterocycles. The predicted molar refractivity (Wildman–Crippen MR) is 225 cm³/mol. The van der Waals surface area contributed by atoms with Crippen LogP contribution in [0.15, 0.2) is 192 Å². The first kappa shape index (κ1) is 31.0. The van der Waals surface area contributed by atoms with Crippen molar-refractivity contribution in [2.24, 2.45) is 0 Å². The number of hydrogen-bond donors (Lipinski definition) is 0. The highest BCUT2D eigenvalue weighted by atomic mass is 16.3. The summed E-state index contributed by atoms with van der Waals surface area (Å²) in [7, 11) is 0. The molecular weight excluding hydrogens is 683 g/mol. The zero-order valence-electron chi connectivity index (χ0n) is 30.1. The number of hydrogen-bond acceptors (Lipinski definition) is 4. The summed E-state index contributed by atoms with van der Waals surface area (Å²) >= 11 is 0. The summed E-state index contributed by atoms with van der Waals surface area (Å²) in [5.41, 5.74) is 15.6. The Morgan fingerprint density at radius 3 is 1.71 bits per heavy atom. The zero-order valence-corrected chi connectivity index (χ0v) is 30.1. The van der Waals surface area contributed by atoms with Gasteiger partial charge in [0.05, 0.1) is 5.41 Å². The first-order valence-corrected chi connectivity index (χ1v) is 19.0. The number of rotatable bonds is 3. The Hall–Kier alpha value is -7.43. The molecule has 4 heteroatoms. The Labute approximate surface area is 323 Å². The highest BCUT2D eigenvalue weighted by molar-refractivity contribution is 6.12. The van der Waals surface area contributed by atoms with Gasteiger partial charge in [0, 0.05) is 27.5 Å². The average Bonchev–Trinajstić information content (AvgIpc) is 3.80. The van der Waals surface area contributed by atoms with Crippen LogP contribution in [-0.4, -0.2) is 15.0 Å². The van der Waals surface area contributed by atoms with Crippen LogP contribution in [0.5, 0.6) is 0 Å². The van der Waals surface area contributed by atoms with E-state index in [2.05, 4.69) is 158 Å². The minimum Gasteiger partial charge on any atom is -0.456 e. The number of aromatic nitrogens is 3. The largest absolute Gasteiger partial charge is 0.456 e. The van der Waals surface area contributed by atoms with Crippen molar-refractivity contribution < 1.29 is 4.42 Å². The predicted octanol–water partition coefficient (Wildman–Crippen LogP) is 12.8. The molecule has 0 amide bonds. The summed E-state index contributed by atoms with van der Waals surface area (Å²) in [4.78, 5) is 16.1. The average molecular weight is 714 g/mol. The molecule has 0 unspecified atom stereocenters. The van der Waals surface area contributed by atoms with Crippen molar-refractivity contribution in [1.29, 1.82) is 0 Å². The van der Waals surface area contributed by atoms with Crippen LogP contribution in [0.1, 0.15) is 22.3 Å². The van der Waals surface area contributed by atoms with Crippen LogP contribution in [-0.2, 0) is 5.41 Å². The minimum absolute atomic E-state index is 0.581. The van der Waals surface area contributed by atoms with Gasteiger partial charge in [-0.3, -0.25) is 0 Å². The fourth-order valence-electron chi connectivity index (χ4n) is 9.42. The van der Waals surface area contributed by atoms with Gasteiger partial charge in [-0.05, 0) is 79.9 Å². The van der Waals surface area contributed by atoms with Crippen molar-refractivity contribution in [1.82, 2.24) is 15.0 Å². The van der Waals surface area contributed by atoms with Crippen LogP contribution in [0.3, 0.4) is 0 Å². The molecule has 0 spiro atoms. The molecule has 0 fully saturated rings. The summed E-state index contributed by atoms with van der Waals surface area (Å²) in [6, 6.07) is 67.2. The summed E-state index contributed by atoms with van der Waals surface area (Å²) in [6.07, 6.45) is 0. The second kappa shape index (κ2) is 11.8. The lowest BCUT2D eigenvalue weighted by Crippen LogP contribution is -2.28. The molecule has 0 saturated carbocycles. The molecule has 8 aromatic carbocycles. The second-order valence-electron chi connectivity index (χ2n) is 14.7. The van der Waals surface area contributed by atoms with E-state index in [1.54, 1.807) is 0 Å². The highest BCUT2D eigenvalue weighted by Crippen LogP contribution is 2.59. The van der Waals surface area contributed by atoms with E-state index in [0.717, 1.165) is 60.9 Å². The third kappa shape index (κ3) is 4.32. The summed E-state index contributed by atoms with van der Waals surface area (Å²) in [5.74, 6) is 1.85. The van der Waals surface area contributed by atoms with Gasteiger partial charge in [0.1, 0.15) is 11.2 Å². The van der Waals surface area contributed by atoms with Gasteiger partial charge in [0.2, 0.25) is 0 Å². The first-order valence-electron chi connectivity index (χ1n) is 19.0. The van der Waals surface area contributed by atoms with Gasteiger partial charge in [0.15, 0.2) is 17.5 Å². The normalized spacial score (nSPS) is 13.1. The highest BCUT2D eigenvalue weighted by Gasteiger charge is 2.47. The molecule has 0 atom stereocenters. The lowest BCUT2D eigenvalue weighted by Gasteiger charge is -2.34. The van der Waals surface area contributed by atoms with Gasteiger partial charge in [0.25, 0.3) is 0 Å². The quantitative estimate of drug-likeness (QED) is 0.183. The van der Waals surface area contributed by atoms with Crippen molar-refractivity contribution in [2.45, 2.75) is 5.41 Å². The molecule has 2 aliphatic rings. The molecule has 4 nitrogen and oxygen atoms in total. The van der Waals surface area contributed by atoms with E-state index in [-0.39, 0.29) is 0 Å². The van der Waals surface area contributed by atoms with Gasteiger partial charge in [-0.25, -0.2) is 15.0 Å². The van der Waals surface area contributed by atoms with Gasteiger partial charge in [-0.15, -0.1) is 0 Å². The van der Waals surface area contributed by atoms with E-state index < -0.39 is 5.41 Å². The van der Waals surface area contributed by atoms with E-state index in [1.165, 1.54) is 33.4 Å². The van der Waals surface area contributed by atoms with Crippen LogP contribution >= 0.6 is 0 Å². The molecular formula is C52H31N3O. The second-order valence-corrected chi connectivity index (χ2v) is 14.7. The molecule has 260 valence electrons. The molecule has 56 heavy (non-hydrogen) atoms. The lowest BCUT2D eigenvalue weighted by molar-refractivity contribution is 0.669. The van der Waals surface area contributed by atoms with Gasteiger partial charge in [-0.2, -0.15) is 0 Å². The standard InChI is InChI=1S/C52H31N3O/c1-3-16-35(17-4-1)52(36-18-5-2-6-19-36)43-29-28-33-31-42(43)47-40(23-12-25-44(47)52)50-53-49(34-15-11-14-32(30-34)37-20-7-8-21-38(33)37)54-51(55-50)41-24-13-27-46-48(41)39-22-9-10-26-45(39)56-46/h1-31H. The summed E-state index contributed by atoms with van der Waals surface area (Å²) in [5, 5.41) is 2.02. The maximum atomic E-state index is 6.35. The Bertz CT molecular complexity index is 3160. The molecule has 0 radical (unpaired) electrons. The molecule has 1 aliphatic heterocycles. The number of nitrogens with zero attached hydrogens (tertiary/aromatic N) is 3. The monoisotopic (exact) mass is 713 g/mol. The smallest absolute Gasteiger partial charge is 0.164 e. The van der Waals surface area contributed by atoms with E-state index >= 15 is 0 Å². The molecule has 10 aromatic rings. The van der Waals surface area contributed by atoms with E-state index in [9.17, 15) is 0 Å². The molecule has 0 saturated heterocycles. The number of para-hydroxylation sites is 1. The Morgan fingerprint density at radius 1 is 0.357 bits per heavy atom. The maximum absolute atomic E-state index is 6.35. The zero-order chi connectivity index (χ0) is 36.8. The molecule has 6 bridgehead atoms. The number of benzene rings is 8. The van der Waals surface area contributed by atoms with Gasteiger partial charge < -0.3 is 4.42 Å². The SMILES string of the molecule is c1ccc(C2(c3ccccc3)c3ccc4cc3-c3c(cccc32)-c2nc(nc(-c3cccc5oc6ccccc6c35)n2)-c2cccc(c2)-c2ccccc2-4)cc1. The Balaban J connectivity index is 1.24. The van der Waals surface area contributed by atoms with Gasteiger partial charge >= 0.3 is 0 Å². The molecule has 3 heterocycles. The lowest BCUT2D eigenvalue weighted by atomic mass is 9.67. The van der Waals surface area contributed by atoms with Crippen molar-refractivity contribution in [2.75, 3.05) is 0 Å². The summed E-state index contributed by atoms with van der Waals surface area (Å²) in [6.45, 7) is 0. The van der Waals surface area contributed by atoms with Crippen molar-refractivity contribution in [3.8, 4) is 67.5 Å². The van der Waals surface area contributed by atoms with E-state index in [4.69, 9.17) is 19.4 Å². The van der Waals surface area contributed by atoms with Crippen molar-refractivity contribution in [3.05, 3.63) is 210 Å². The van der Waals surface area contributed by atoms with Crippen LogP contribution in [0.4, 0.5) is 0 Å². The van der Waals surface area contributed by atoms with Crippen molar-refractivity contribution >= 4 is 21.9 Å². The van der Waals surface area contributed by atoms with Gasteiger partial charge in [-0.1, -0.05) is 164 Å². The number of furan rings is 1. The molecule has 0 N–H and O–H groups in total. The third-order valence-corrected chi connectivity index (χ3v) is 11.8. The molecule has 12 rings (SSSR count). The minimum atomic E-state index is -0.581. The van der Waals surface area contributed by atoms with E-state index in [0.29, 0.717) is 17.5 Å². The first-order chi connectivity index (χ1) is 27.8. The Morgan fingerprint density at radius 2 is 0.929 bits per heavy atom. The summed E-state index contributed by atoms with van der Waals surface area (Å²) < 4.78 is 6.35. The molecule has 1 aliphatic carbocycles. The third-order valence-electron chi connectivity index (χ3n) is 11.8. The van der Waals surface area contributed by atoms with Crippen LogP contribution < -0.4 is 0 Å².